The van der Waals surface area contributed by atoms with Gasteiger partial charge in [0, 0.05) is 19.5 Å². The minimum Gasteiger partial charge on any atom is -0.395 e. The van der Waals surface area contributed by atoms with Crippen molar-refractivity contribution in [2.45, 2.75) is 25.9 Å². The molecule has 0 spiro atoms. The third kappa shape index (κ3) is 4.85. The zero-order valence-electron chi connectivity index (χ0n) is 11.3. The van der Waals surface area contributed by atoms with E-state index in [0.717, 1.165) is 12.1 Å². The van der Waals surface area contributed by atoms with Crippen molar-refractivity contribution in [3.05, 3.63) is 35.4 Å². The highest BCUT2D eigenvalue weighted by molar-refractivity contribution is 5.76. The van der Waals surface area contributed by atoms with Crippen LogP contribution >= 0.6 is 0 Å². The van der Waals surface area contributed by atoms with Crippen LogP contribution < -0.4 is 0 Å². The molecule has 20 heavy (non-hydrogen) atoms. The molecule has 0 atom stereocenters. The lowest BCUT2D eigenvalue weighted by Gasteiger charge is -2.19. The second-order valence-electron chi connectivity index (χ2n) is 4.39. The van der Waals surface area contributed by atoms with Crippen LogP contribution in [0, 0.1) is 0 Å². The molecule has 1 aromatic carbocycles. The van der Waals surface area contributed by atoms with Crippen LogP contribution in [0.25, 0.3) is 0 Å². The number of nitrogens with zero attached hydrogens (tertiary/aromatic N) is 1. The maximum Gasteiger partial charge on any atom is 0.416 e. The van der Waals surface area contributed by atoms with E-state index in [-0.39, 0.29) is 25.5 Å². The normalized spacial score (nSPS) is 11.4. The van der Waals surface area contributed by atoms with E-state index in [1.54, 1.807) is 0 Å². The fourth-order valence-corrected chi connectivity index (χ4v) is 1.85. The van der Waals surface area contributed by atoms with Crippen LogP contribution in [0.4, 0.5) is 13.2 Å². The standard InChI is InChI=1S/C14H18F3NO2/c1-2-18(9-10-19)13(20)8-5-11-3-6-12(7-4-11)14(15,16)17/h3-4,6-7,19H,2,5,8-10H2,1H3. The molecule has 6 heteroatoms. The number of halogens is 3. The third-order valence-electron chi connectivity index (χ3n) is 3.01. The number of aryl methyl sites for hydroxylation is 1. The molecule has 112 valence electrons. The van der Waals surface area contributed by atoms with Crippen molar-refractivity contribution in [2.24, 2.45) is 0 Å². The molecule has 1 N–H and O–H groups in total. The summed E-state index contributed by atoms with van der Waals surface area (Å²) in [6, 6.07) is 4.81. The molecule has 3 nitrogen and oxygen atoms in total. The zero-order valence-corrected chi connectivity index (χ0v) is 11.3. The van der Waals surface area contributed by atoms with E-state index < -0.39 is 11.7 Å². The summed E-state index contributed by atoms with van der Waals surface area (Å²) in [7, 11) is 0. The molecule has 1 aromatic rings. The van der Waals surface area contributed by atoms with Crippen molar-refractivity contribution in [3.63, 3.8) is 0 Å². The van der Waals surface area contributed by atoms with E-state index >= 15 is 0 Å². The third-order valence-corrected chi connectivity index (χ3v) is 3.01. The van der Waals surface area contributed by atoms with Crippen LogP contribution in [-0.4, -0.2) is 35.6 Å². The predicted molar refractivity (Wildman–Crippen MR) is 69.1 cm³/mol. The highest BCUT2D eigenvalue weighted by atomic mass is 19.4. The molecular formula is C14H18F3NO2. The molecule has 0 fully saturated rings. The topological polar surface area (TPSA) is 40.5 Å². The number of hydrogen-bond acceptors (Lipinski definition) is 2. The van der Waals surface area contributed by atoms with Crippen LogP contribution in [0.2, 0.25) is 0 Å². The van der Waals surface area contributed by atoms with Crippen LogP contribution in [0.15, 0.2) is 24.3 Å². The molecule has 0 radical (unpaired) electrons. The lowest BCUT2D eigenvalue weighted by molar-refractivity contribution is -0.137. The molecular weight excluding hydrogens is 271 g/mol. The Hall–Kier alpha value is -1.56. The van der Waals surface area contributed by atoms with Gasteiger partial charge in [0.05, 0.1) is 12.2 Å². The molecule has 0 saturated carbocycles. The van der Waals surface area contributed by atoms with Gasteiger partial charge >= 0.3 is 6.18 Å². The Balaban J connectivity index is 2.55. The van der Waals surface area contributed by atoms with Gasteiger partial charge in [0.25, 0.3) is 0 Å². The van der Waals surface area contributed by atoms with E-state index in [1.165, 1.54) is 17.0 Å². The van der Waals surface area contributed by atoms with E-state index in [2.05, 4.69) is 0 Å². The van der Waals surface area contributed by atoms with Gasteiger partial charge in [-0.15, -0.1) is 0 Å². The quantitative estimate of drug-likeness (QED) is 0.874. The van der Waals surface area contributed by atoms with Gasteiger partial charge in [-0.1, -0.05) is 12.1 Å². The van der Waals surface area contributed by atoms with Gasteiger partial charge in [0.15, 0.2) is 0 Å². The van der Waals surface area contributed by atoms with Gasteiger partial charge in [-0.3, -0.25) is 4.79 Å². The summed E-state index contributed by atoms with van der Waals surface area (Å²) in [5.74, 6) is -0.110. The van der Waals surface area contributed by atoms with Gasteiger partial charge in [-0.05, 0) is 31.0 Å². The van der Waals surface area contributed by atoms with E-state index in [0.29, 0.717) is 18.5 Å². The average Bonchev–Trinajstić information content (AvgIpc) is 2.41. The van der Waals surface area contributed by atoms with Crippen molar-refractivity contribution in [1.29, 1.82) is 0 Å². The molecule has 0 bridgehead atoms. The number of carbonyl (C=O) groups is 1. The zero-order chi connectivity index (χ0) is 15.2. The lowest BCUT2D eigenvalue weighted by atomic mass is 10.1. The molecule has 0 aromatic heterocycles. The monoisotopic (exact) mass is 289 g/mol. The van der Waals surface area contributed by atoms with Crippen LogP contribution in [-0.2, 0) is 17.4 Å². The minimum atomic E-state index is -4.34. The molecule has 0 aliphatic rings. The number of likely N-dealkylation sites (N-methyl/N-ethyl adjacent to an activating group) is 1. The Labute approximate surface area is 116 Å². The first kappa shape index (κ1) is 16.5. The Morgan fingerprint density at radius 2 is 1.85 bits per heavy atom. The number of aliphatic hydroxyl groups excluding tert-OH is 1. The molecule has 1 amide bonds. The largest absolute Gasteiger partial charge is 0.416 e. The van der Waals surface area contributed by atoms with Gasteiger partial charge < -0.3 is 10.0 Å². The highest BCUT2D eigenvalue weighted by Gasteiger charge is 2.29. The average molecular weight is 289 g/mol. The smallest absolute Gasteiger partial charge is 0.395 e. The Morgan fingerprint density at radius 3 is 2.30 bits per heavy atom. The number of carbonyl (C=O) groups excluding carboxylic acids is 1. The Kier molecular flexibility index (Phi) is 6.01. The van der Waals surface area contributed by atoms with E-state index in [1.807, 2.05) is 6.92 Å². The number of rotatable bonds is 6. The number of hydrogen-bond donors (Lipinski definition) is 1. The van der Waals surface area contributed by atoms with Crippen molar-refractivity contribution < 1.29 is 23.1 Å². The maximum absolute atomic E-state index is 12.4. The molecule has 0 saturated heterocycles. The predicted octanol–water partition coefficient (Wildman–Crippen LogP) is 2.48. The molecule has 0 unspecified atom stereocenters. The van der Waals surface area contributed by atoms with Gasteiger partial charge in [-0.25, -0.2) is 0 Å². The summed E-state index contributed by atoms with van der Waals surface area (Å²) < 4.78 is 37.2. The van der Waals surface area contributed by atoms with Gasteiger partial charge in [0.2, 0.25) is 5.91 Å². The first-order valence-electron chi connectivity index (χ1n) is 6.43. The first-order chi connectivity index (χ1) is 9.38. The summed E-state index contributed by atoms with van der Waals surface area (Å²) in [5, 5.41) is 8.81. The number of benzene rings is 1. The van der Waals surface area contributed by atoms with Crippen molar-refractivity contribution in [3.8, 4) is 0 Å². The SMILES string of the molecule is CCN(CCO)C(=O)CCc1ccc(C(F)(F)F)cc1. The van der Waals surface area contributed by atoms with E-state index in [4.69, 9.17) is 5.11 Å². The lowest BCUT2D eigenvalue weighted by Crippen LogP contribution is -2.33. The summed E-state index contributed by atoms with van der Waals surface area (Å²) in [5.41, 5.74) is -0.00515. The summed E-state index contributed by atoms with van der Waals surface area (Å²) in [4.78, 5) is 13.3. The van der Waals surface area contributed by atoms with Crippen molar-refractivity contribution >= 4 is 5.91 Å². The fraction of sp³-hybridized carbons (Fsp3) is 0.500. The number of aliphatic hydroxyl groups is 1. The fourth-order valence-electron chi connectivity index (χ4n) is 1.85. The number of amides is 1. The minimum absolute atomic E-state index is 0.0974. The van der Waals surface area contributed by atoms with E-state index in [9.17, 15) is 18.0 Å². The van der Waals surface area contributed by atoms with Crippen molar-refractivity contribution in [1.82, 2.24) is 4.90 Å². The number of alkyl halides is 3. The molecule has 1 rings (SSSR count). The summed E-state index contributed by atoms with van der Waals surface area (Å²) in [6.45, 7) is 2.50. The second-order valence-corrected chi connectivity index (χ2v) is 4.39. The van der Waals surface area contributed by atoms with Crippen LogP contribution in [0.5, 0.6) is 0 Å². The Morgan fingerprint density at radius 1 is 1.25 bits per heavy atom. The van der Waals surface area contributed by atoms with Crippen molar-refractivity contribution in [2.75, 3.05) is 19.7 Å². The summed E-state index contributed by atoms with van der Waals surface area (Å²) >= 11 is 0. The second kappa shape index (κ2) is 7.28. The molecule has 0 aliphatic heterocycles. The molecule has 0 heterocycles. The summed E-state index contributed by atoms with van der Waals surface area (Å²) in [6.07, 6.45) is -3.73. The first-order valence-corrected chi connectivity index (χ1v) is 6.43. The van der Waals surface area contributed by atoms with Crippen LogP contribution in [0.1, 0.15) is 24.5 Å². The maximum atomic E-state index is 12.4. The van der Waals surface area contributed by atoms with Gasteiger partial charge in [0.1, 0.15) is 0 Å². The highest BCUT2D eigenvalue weighted by Crippen LogP contribution is 2.29. The Bertz CT molecular complexity index is 429. The molecule has 0 aliphatic carbocycles. The van der Waals surface area contributed by atoms with Gasteiger partial charge in [-0.2, -0.15) is 13.2 Å². The van der Waals surface area contributed by atoms with Crippen LogP contribution in [0.3, 0.4) is 0 Å².